The van der Waals surface area contributed by atoms with Gasteiger partial charge in [0.05, 0.1) is 11.6 Å². The van der Waals surface area contributed by atoms with Gasteiger partial charge >= 0.3 is 0 Å². The van der Waals surface area contributed by atoms with E-state index in [1.54, 1.807) is 6.07 Å². The maximum absolute atomic E-state index is 12.9. The van der Waals surface area contributed by atoms with Crippen molar-refractivity contribution in [3.63, 3.8) is 0 Å². The Morgan fingerprint density at radius 1 is 0.826 bits per heavy atom. The highest BCUT2D eigenvalue weighted by Gasteiger charge is 2.37. The van der Waals surface area contributed by atoms with E-state index in [4.69, 9.17) is 0 Å². The lowest BCUT2D eigenvalue weighted by Crippen LogP contribution is -2.44. The van der Waals surface area contributed by atoms with Crippen LogP contribution in [0, 0.1) is 0 Å². The highest BCUT2D eigenvalue weighted by atomic mass is 16.2. The average Bonchev–Trinajstić information content (AvgIpc) is 2.60. The predicted molar refractivity (Wildman–Crippen MR) is 90.6 cm³/mol. The highest BCUT2D eigenvalue weighted by Crippen LogP contribution is 2.35. The van der Waals surface area contributed by atoms with Crippen molar-refractivity contribution in [2.45, 2.75) is 12.8 Å². The number of rotatable bonds is 1. The van der Waals surface area contributed by atoms with Crippen LogP contribution in [0.2, 0.25) is 0 Å². The molecule has 4 rings (SSSR count). The van der Waals surface area contributed by atoms with E-state index < -0.39 is 0 Å². The van der Waals surface area contributed by atoms with E-state index in [0.717, 1.165) is 16.3 Å². The van der Waals surface area contributed by atoms with Crippen molar-refractivity contribution in [3.05, 3.63) is 77.9 Å². The maximum atomic E-state index is 12.9. The first-order valence-corrected chi connectivity index (χ1v) is 7.63. The summed E-state index contributed by atoms with van der Waals surface area (Å²) in [5, 5.41) is 1.92. The molecule has 0 radical (unpaired) electrons. The van der Waals surface area contributed by atoms with Crippen LogP contribution in [0.25, 0.3) is 10.8 Å². The number of anilines is 1. The van der Waals surface area contributed by atoms with Crippen LogP contribution in [-0.4, -0.2) is 11.8 Å². The van der Waals surface area contributed by atoms with Gasteiger partial charge in [0.25, 0.3) is 5.91 Å². The Bertz CT molecular complexity index is 940. The lowest BCUT2D eigenvalue weighted by Gasteiger charge is -2.31. The van der Waals surface area contributed by atoms with Crippen molar-refractivity contribution in [3.8, 4) is 0 Å². The molecule has 3 heteroatoms. The van der Waals surface area contributed by atoms with Crippen LogP contribution < -0.4 is 4.90 Å². The monoisotopic (exact) mass is 301 g/mol. The van der Waals surface area contributed by atoms with E-state index in [1.165, 1.54) is 4.90 Å². The summed E-state index contributed by atoms with van der Waals surface area (Å²) in [6.07, 6.45) is 0. The molecule has 0 bridgehead atoms. The first-order chi connectivity index (χ1) is 11.2. The Labute approximate surface area is 134 Å². The molecular formula is C20H15NO2. The van der Waals surface area contributed by atoms with E-state index in [0.29, 0.717) is 11.3 Å². The Balaban J connectivity index is 1.95. The molecule has 0 spiro atoms. The van der Waals surface area contributed by atoms with Gasteiger partial charge in [-0.1, -0.05) is 54.6 Å². The van der Waals surface area contributed by atoms with Crippen LogP contribution in [0.3, 0.4) is 0 Å². The van der Waals surface area contributed by atoms with Crippen LogP contribution in [-0.2, 0) is 4.79 Å². The Hall–Kier alpha value is -2.94. The molecule has 1 unspecified atom stereocenters. The first kappa shape index (κ1) is 13.7. The zero-order chi connectivity index (χ0) is 16.0. The molecule has 112 valence electrons. The third-order valence-electron chi connectivity index (χ3n) is 4.46. The highest BCUT2D eigenvalue weighted by molar-refractivity contribution is 6.28. The molecule has 3 aromatic rings. The molecule has 0 saturated carbocycles. The van der Waals surface area contributed by atoms with Crippen LogP contribution >= 0.6 is 0 Å². The Kier molecular flexibility index (Phi) is 3.01. The average molecular weight is 301 g/mol. The summed E-state index contributed by atoms with van der Waals surface area (Å²) in [6.45, 7) is 1.85. The van der Waals surface area contributed by atoms with Crippen LogP contribution in [0.1, 0.15) is 28.8 Å². The van der Waals surface area contributed by atoms with Gasteiger partial charge in [0.15, 0.2) is 0 Å². The molecule has 1 aliphatic rings. The summed E-state index contributed by atoms with van der Waals surface area (Å²) in [6, 6.07) is 20.8. The minimum absolute atomic E-state index is 0.176. The van der Waals surface area contributed by atoms with Gasteiger partial charge in [-0.3, -0.25) is 9.59 Å². The van der Waals surface area contributed by atoms with E-state index in [1.807, 2.05) is 67.6 Å². The van der Waals surface area contributed by atoms with Gasteiger partial charge in [0.1, 0.15) is 0 Å². The third kappa shape index (κ3) is 1.97. The molecule has 1 aliphatic heterocycles. The standard InChI is InChI=1S/C20H15NO2/c1-13-15-9-4-5-11-17(15)20(23)21(19(13)22)18-12-6-8-14-7-2-3-10-16(14)18/h2-13H,1H3. The number of benzene rings is 3. The smallest absolute Gasteiger partial charge is 0.265 e. The largest absolute Gasteiger partial charge is 0.273 e. The molecule has 1 atom stereocenters. The lowest BCUT2D eigenvalue weighted by atomic mass is 9.89. The number of carbonyl (C=O) groups is 2. The number of hydrogen-bond donors (Lipinski definition) is 0. The van der Waals surface area contributed by atoms with Gasteiger partial charge in [0, 0.05) is 10.9 Å². The van der Waals surface area contributed by atoms with Gasteiger partial charge in [-0.05, 0) is 30.0 Å². The molecular weight excluding hydrogens is 286 g/mol. The zero-order valence-electron chi connectivity index (χ0n) is 12.7. The lowest BCUT2D eigenvalue weighted by molar-refractivity contribution is -0.119. The van der Waals surface area contributed by atoms with E-state index in [2.05, 4.69) is 0 Å². The van der Waals surface area contributed by atoms with E-state index in [9.17, 15) is 9.59 Å². The second-order valence-corrected chi connectivity index (χ2v) is 5.79. The summed E-state index contributed by atoms with van der Waals surface area (Å²) in [7, 11) is 0. The fourth-order valence-electron chi connectivity index (χ4n) is 3.25. The molecule has 0 saturated heterocycles. The number of amides is 2. The molecule has 1 heterocycles. The molecule has 0 N–H and O–H groups in total. The van der Waals surface area contributed by atoms with Crippen molar-refractivity contribution in [2.24, 2.45) is 0 Å². The number of imide groups is 1. The topological polar surface area (TPSA) is 37.4 Å². The van der Waals surface area contributed by atoms with E-state index in [-0.39, 0.29) is 17.7 Å². The Morgan fingerprint density at radius 3 is 2.39 bits per heavy atom. The predicted octanol–water partition coefficient (Wildman–Crippen LogP) is 4.13. The van der Waals surface area contributed by atoms with E-state index >= 15 is 0 Å². The van der Waals surface area contributed by atoms with Gasteiger partial charge in [-0.2, -0.15) is 0 Å². The quantitative estimate of drug-likeness (QED) is 0.634. The molecule has 0 aliphatic carbocycles. The molecule has 0 fully saturated rings. The molecule has 2 amide bonds. The fraction of sp³-hybridized carbons (Fsp3) is 0.100. The minimum Gasteiger partial charge on any atom is -0.273 e. The fourth-order valence-corrected chi connectivity index (χ4v) is 3.25. The molecule has 0 aromatic heterocycles. The van der Waals surface area contributed by atoms with Crippen molar-refractivity contribution in [1.82, 2.24) is 0 Å². The summed E-state index contributed by atoms with van der Waals surface area (Å²) >= 11 is 0. The minimum atomic E-state index is -0.331. The number of fused-ring (bicyclic) bond motifs is 2. The molecule has 3 aromatic carbocycles. The molecule has 23 heavy (non-hydrogen) atoms. The zero-order valence-corrected chi connectivity index (χ0v) is 12.7. The van der Waals surface area contributed by atoms with Crippen molar-refractivity contribution >= 4 is 28.3 Å². The second-order valence-electron chi connectivity index (χ2n) is 5.79. The Morgan fingerprint density at radius 2 is 1.52 bits per heavy atom. The second kappa shape index (κ2) is 5.06. The van der Waals surface area contributed by atoms with Crippen LogP contribution in [0.5, 0.6) is 0 Å². The first-order valence-electron chi connectivity index (χ1n) is 7.63. The van der Waals surface area contributed by atoms with Gasteiger partial charge in [-0.25, -0.2) is 4.90 Å². The van der Waals surface area contributed by atoms with Gasteiger partial charge in [0.2, 0.25) is 5.91 Å². The number of nitrogens with zero attached hydrogens (tertiary/aromatic N) is 1. The summed E-state index contributed by atoms with van der Waals surface area (Å²) < 4.78 is 0. The van der Waals surface area contributed by atoms with Crippen molar-refractivity contribution in [2.75, 3.05) is 4.90 Å². The maximum Gasteiger partial charge on any atom is 0.265 e. The van der Waals surface area contributed by atoms with Crippen LogP contribution in [0.4, 0.5) is 5.69 Å². The SMILES string of the molecule is CC1C(=O)N(c2cccc3ccccc23)C(=O)c2ccccc21. The van der Waals surface area contributed by atoms with Gasteiger partial charge in [-0.15, -0.1) is 0 Å². The number of carbonyl (C=O) groups excluding carboxylic acids is 2. The van der Waals surface area contributed by atoms with Crippen LogP contribution in [0.15, 0.2) is 66.7 Å². The number of hydrogen-bond acceptors (Lipinski definition) is 2. The summed E-state index contributed by atoms with van der Waals surface area (Å²) in [4.78, 5) is 27.1. The molecule has 3 nitrogen and oxygen atoms in total. The summed E-state index contributed by atoms with van der Waals surface area (Å²) in [5.74, 6) is -0.757. The normalized spacial score (nSPS) is 17.4. The van der Waals surface area contributed by atoms with Crippen molar-refractivity contribution in [1.29, 1.82) is 0 Å². The summed E-state index contributed by atoms with van der Waals surface area (Å²) in [5.41, 5.74) is 2.06. The van der Waals surface area contributed by atoms with Gasteiger partial charge < -0.3 is 0 Å². The third-order valence-corrected chi connectivity index (χ3v) is 4.46. The van der Waals surface area contributed by atoms with Crippen molar-refractivity contribution < 1.29 is 9.59 Å².